The van der Waals surface area contributed by atoms with Crippen LogP contribution in [-0.2, 0) is 6.42 Å². The van der Waals surface area contributed by atoms with Crippen LogP contribution in [0.2, 0.25) is 0 Å². The number of carbonyl (C=O) groups is 2. The molecule has 0 radical (unpaired) electrons. The summed E-state index contributed by atoms with van der Waals surface area (Å²) >= 11 is 0. The minimum absolute atomic E-state index is 0.126. The van der Waals surface area contributed by atoms with Crippen LogP contribution in [-0.4, -0.2) is 37.1 Å². The van der Waals surface area contributed by atoms with Crippen molar-refractivity contribution in [3.05, 3.63) is 64.7 Å². The molecule has 1 amide bonds. The van der Waals surface area contributed by atoms with Crippen molar-refractivity contribution in [2.45, 2.75) is 32.2 Å². The van der Waals surface area contributed by atoms with Crippen LogP contribution in [0.25, 0.3) is 0 Å². The summed E-state index contributed by atoms with van der Waals surface area (Å²) in [7, 11) is 3.18. The molecule has 0 bridgehead atoms. The molecule has 2 aromatic carbocycles. The molecular formula is C22H24N2O3. The fraction of sp³-hybridized carbons (Fsp3) is 0.318. The average Bonchev–Trinajstić information content (AvgIpc) is 2.66. The third-order valence-electron chi connectivity index (χ3n) is 4.72. The predicted molar refractivity (Wildman–Crippen MR) is 106 cm³/mol. The van der Waals surface area contributed by atoms with E-state index in [-0.39, 0.29) is 23.7 Å². The SMILES string of the molecule is CNC(=O)c1ccccc1C(=O)CC1=NC(C)(C)Cc2ccc(OC)cc21. The summed E-state index contributed by atoms with van der Waals surface area (Å²) in [5, 5.41) is 2.59. The Balaban J connectivity index is 1.99. The summed E-state index contributed by atoms with van der Waals surface area (Å²) in [5.41, 5.74) is 3.34. The van der Waals surface area contributed by atoms with Crippen molar-refractivity contribution in [1.82, 2.24) is 5.32 Å². The van der Waals surface area contributed by atoms with Gasteiger partial charge in [0.2, 0.25) is 0 Å². The number of rotatable bonds is 5. The minimum atomic E-state index is -0.280. The van der Waals surface area contributed by atoms with Gasteiger partial charge in [0.1, 0.15) is 5.75 Å². The Morgan fingerprint density at radius 2 is 1.85 bits per heavy atom. The first-order valence-electron chi connectivity index (χ1n) is 8.95. The molecule has 1 aliphatic heterocycles. The maximum Gasteiger partial charge on any atom is 0.251 e. The van der Waals surface area contributed by atoms with Gasteiger partial charge in [0.05, 0.1) is 30.3 Å². The number of ether oxygens (including phenoxy) is 1. The number of hydrogen-bond acceptors (Lipinski definition) is 4. The average molecular weight is 364 g/mol. The number of methoxy groups -OCH3 is 1. The molecule has 5 heteroatoms. The van der Waals surface area contributed by atoms with Gasteiger partial charge in [-0.25, -0.2) is 0 Å². The van der Waals surface area contributed by atoms with Gasteiger partial charge in [0.15, 0.2) is 5.78 Å². The second kappa shape index (κ2) is 7.35. The molecule has 1 N–H and O–H groups in total. The number of benzene rings is 2. The molecule has 0 aromatic heterocycles. The summed E-state index contributed by atoms with van der Waals surface area (Å²) < 4.78 is 5.34. The summed E-state index contributed by atoms with van der Waals surface area (Å²) in [6.07, 6.45) is 0.941. The number of carbonyl (C=O) groups excluding carboxylic acids is 2. The lowest BCUT2D eigenvalue weighted by Crippen LogP contribution is -2.30. The third-order valence-corrected chi connectivity index (χ3v) is 4.72. The van der Waals surface area contributed by atoms with E-state index in [0.29, 0.717) is 11.1 Å². The second-order valence-electron chi connectivity index (χ2n) is 7.30. The van der Waals surface area contributed by atoms with Gasteiger partial charge in [-0.05, 0) is 44.0 Å². The number of Topliss-reactive ketones (excluding diaryl/α,β-unsaturated/α-hetero) is 1. The fourth-order valence-corrected chi connectivity index (χ4v) is 3.48. The molecule has 0 fully saturated rings. The molecule has 0 saturated carbocycles. The van der Waals surface area contributed by atoms with Crippen molar-refractivity contribution in [2.24, 2.45) is 4.99 Å². The zero-order valence-corrected chi connectivity index (χ0v) is 16.1. The number of aliphatic imine (C=N–C) groups is 1. The van der Waals surface area contributed by atoms with E-state index < -0.39 is 0 Å². The van der Waals surface area contributed by atoms with Crippen LogP contribution in [0.15, 0.2) is 47.5 Å². The highest BCUT2D eigenvalue weighted by molar-refractivity contribution is 6.19. The van der Waals surface area contributed by atoms with Crippen LogP contribution >= 0.6 is 0 Å². The number of nitrogens with zero attached hydrogens (tertiary/aromatic N) is 1. The van der Waals surface area contributed by atoms with Crippen LogP contribution in [0.1, 0.15) is 52.1 Å². The minimum Gasteiger partial charge on any atom is -0.497 e. The molecule has 0 aliphatic carbocycles. The van der Waals surface area contributed by atoms with Gasteiger partial charge in [-0.1, -0.05) is 24.3 Å². The monoisotopic (exact) mass is 364 g/mol. The molecule has 0 spiro atoms. The van der Waals surface area contributed by atoms with Crippen molar-refractivity contribution >= 4 is 17.4 Å². The highest BCUT2D eigenvalue weighted by Crippen LogP contribution is 2.31. The summed E-state index contributed by atoms with van der Waals surface area (Å²) in [5.74, 6) is 0.339. The van der Waals surface area contributed by atoms with Crippen LogP contribution < -0.4 is 10.1 Å². The molecule has 2 aromatic rings. The van der Waals surface area contributed by atoms with Crippen molar-refractivity contribution in [1.29, 1.82) is 0 Å². The third kappa shape index (κ3) is 3.92. The molecule has 0 atom stereocenters. The predicted octanol–water partition coefficient (Wildman–Crippen LogP) is 3.45. The Labute approximate surface area is 159 Å². The molecule has 0 unspecified atom stereocenters. The first-order chi connectivity index (χ1) is 12.8. The summed E-state index contributed by atoms with van der Waals surface area (Å²) in [6.45, 7) is 4.12. The Hall–Kier alpha value is -2.95. The van der Waals surface area contributed by atoms with E-state index in [4.69, 9.17) is 9.73 Å². The van der Waals surface area contributed by atoms with E-state index in [0.717, 1.165) is 29.0 Å². The Kier molecular flexibility index (Phi) is 5.13. The number of ketones is 1. The maximum absolute atomic E-state index is 13.0. The number of amides is 1. The lowest BCUT2D eigenvalue weighted by molar-refractivity contribution is 0.0943. The first-order valence-corrected chi connectivity index (χ1v) is 8.95. The lowest BCUT2D eigenvalue weighted by Gasteiger charge is -2.29. The molecule has 5 nitrogen and oxygen atoms in total. The zero-order chi connectivity index (χ0) is 19.6. The lowest BCUT2D eigenvalue weighted by atomic mass is 9.85. The van der Waals surface area contributed by atoms with Crippen molar-refractivity contribution in [3.8, 4) is 5.75 Å². The van der Waals surface area contributed by atoms with Crippen molar-refractivity contribution in [2.75, 3.05) is 14.2 Å². The quantitative estimate of drug-likeness (QED) is 0.826. The maximum atomic E-state index is 13.0. The van der Waals surface area contributed by atoms with E-state index in [1.54, 1.807) is 38.4 Å². The van der Waals surface area contributed by atoms with Crippen LogP contribution in [0, 0.1) is 0 Å². The summed E-state index contributed by atoms with van der Waals surface area (Å²) in [4.78, 5) is 30.0. The van der Waals surface area contributed by atoms with E-state index in [1.807, 2.05) is 18.2 Å². The van der Waals surface area contributed by atoms with Gasteiger partial charge in [-0.15, -0.1) is 0 Å². The molecular weight excluding hydrogens is 340 g/mol. The highest BCUT2D eigenvalue weighted by Gasteiger charge is 2.29. The standard InChI is InChI=1S/C22H24N2O3/c1-22(2)13-14-9-10-15(27-4)11-18(14)19(24-22)12-20(25)16-7-5-6-8-17(16)21(26)23-3/h5-11H,12-13H2,1-4H3,(H,23,26). The van der Waals surface area contributed by atoms with Crippen LogP contribution in [0.3, 0.4) is 0 Å². The summed E-state index contributed by atoms with van der Waals surface area (Å²) in [6, 6.07) is 12.8. The van der Waals surface area contributed by atoms with E-state index in [1.165, 1.54) is 0 Å². The van der Waals surface area contributed by atoms with E-state index in [2.05, 4.69) is 19.2 Å². The fourth-order valence-electron chi connectivity index (χ4n) is 3.48. The molecule has 27 heavy (non-hydrogen) atoms. The van der Waals surface area contributed by atoms with Gasteiger partial charge >= 0.3 is 0 Å². The van der Waals surface area contributed by atoms with E-state index >= 15 is 0 Å². The van der Waals surface area contributed by atoms with Crippen LogP contribution in [0.5, 0.6) is 5.75 Å². The van der Waals surface area contributed by atoms with Gasteiger partial charge in [-0.3, -0.25) is 14.6 Å². The molecule has 140 valence electrons. The smallest absolute Gasteiger partial charge is 0.251 e. The Morgan fingerprint density at radius 1 is 1.15 bits per heavy atom. The van der Waals surface area contributed by atoms with Crippen molar-refractivity contribution < 1.29 is 14.3 Å². The van der Waals surface area contributed by atoms with Gasteiger partial charge in [0.25, 0.3) is 5.91 Å². The molecule has 1 heterocycles. The molecule has 1 aliphatic rings. The molecule has 3 rings (SSSR count). The number of fused-ring (bicyclic) bond motifs is 1. The van der Waals surface area contributed by atoms with E-state index in [9.17, 15) is 9.59 Å². The number of hydrogen-bond donors (Lipinski definition) is 1. The molecule has 0 saturated heterocycles. The van der Waals surface area contributed by atoms with Crippen molar-refractivity contribution in [3.63, 3.8) is 0 Å². The zero-order valence-electron chi connectivity index (χ0n) is 16.1. The normalized spacial score (nSPS) is 14.7. The van der Waals surface area contributed by atoms with Crippen LogP contribution in [0.4, 0.5) is 0 Å². The topological polar surface area (TPSA) is 67.8 Å². The highest BCUT2D eigenvalue weighted by atomic mass is 16.5. The number of nitrogens with one attached hydrogen (secondary N) is 1. The second-order valence-corrected chi connectivity index (χ2v) is 7.30. The Bertz CT molecular complexity index is 929. The first kappa shape index (κ1) is 18.8. The van der Waals surface area contributed by atoms with Gasteiger partial charge < -0.3 is 10.1 Å². The largest absolute Gasteiger partial charge is 0.497 e. The Morgan fingerprint density at radius 3 is 2.52 bits per heavy atom. The van der Waals surface area contributed by atoms with Gasteiger partial charge in [0, 0.05) is 18.2 Å². The van der Waals surface area contributed by atoms with Gasteiger partial charge in [-0.2, -0.15) is 0 Å².